The van der Waals surface area contributed by atoms with E-state index in [1.165, 1.54) is 37.8 Å². The van der Waals surface area contributed by atoms with Gasteiger partial charge in [0.25, 0.3) is 10.1 Å². The first-order valence-electron chi connectivity index (χ1n) is 8.03. The maximum absolute atomic E-state index is 10.5. The van der Waals surface area contributed by atoms with Crippen LogP contribution in [-0.4, -0.2) is 26.2 Å². The Hall–Kier alpha value is -1.43. The summed E-state index contributed by atoms with van der Waals surface area (Å²) in [6.07, 6.45) is 4.91. The molecule has 140 valence electrons. The molecule has 24 heavy (non-hydrogen) atoms. The van der Waals surface area contributed by atoms with Gasteiger partial charge in [-0.1, -0.05) is 44.4 Å². The highest BCUT2D eigenvalue weighted by Gasteiger charge is 2.06. The molecule has 0 aliphatic carbocycles. The quantitative estimate of drug-likeness (QED) is 0.400. The van der Waals surface area contributed by atoms with E-state index in [0.29, 0.717) is 0 Å². The number of hydrogen-bond donors (Lipinski definition) is 1. The Bertz CT molecular complexity index is 459. The predicted molar refractivity (Wildman–Crippen MR) is 104 cm³/mol. The summed E-state index contributed by atoms with van der Waals surface area (Å²) in [5.74, 6) is 0. The second kappa shape index (κ2) is 19.6. The van der Waals surface area contributed by atoms with Crippen molar-refractivity contribution in [2.75, 3.05) is 13.2 Å². The van der Waals surface area contributed by atoms with E-state index in [2.05, 4.69) is 40.2 Å². The SMILES string of the molecule is C=C.C=C.CCCCOCCCC.Cc1ccc(S(=O)(=O)O)cc1. The molecule has 0 atom stereocenters. The fraction of sp³-hybridized carbons (Fsp3) is 0.474. The summed E-state index contributed by atoms with van der Waals surface area (Å²) in [7, 11) is -4.02. The smallest absolute Gasteiger partial charge is 0.294 e. The molecule has 0 saturated carbocycles. The Morgan fingerprint density at radius 3 is 1.58 bits per heavy atom. The summed E-state index contributed by atoms with van der Waals surface area (Å²) in [5, 5.41) is 0. The lowest BCUT2D eigenvalue weighted by atomic mass is 10.2. The molecule has 0 spiro atoms. The van der Waals surface area contributed by atoms with Crippen LogP contribution in [0.2, 0.25) is 0 Å². The van der Waals surface area contributed by atoms with E-state index in [1.807, 2.05) is 6.92 Å². The van der Waals surface area contributed by atoms with E-state index < -0.39 is 10.1 Å². The third-order valence-electron chi connectivity index (χ3n) is 2.60. The molecule has 0 bridgehead atoms. The second-order valence-corrected chi connectivity index (χ2v) is 6.03. The van der Waals surface area contributed by atoms with Crippen molar-refractivity contribution in [3.8, 4) is 0 Å². The molecule has 4 nitrogen and oxygen atoms in total. The van der Waals surface area contributed by atoms with Gasteiger partial charge in [0.2, 0.25) is 0 Å². The number of benzene rings is 1. The Labute approximate surface area is 149 Å². The average molecular weight is 359 g/mol. The number of hydrogen-bond acceptors (Lipinski definition) is 3. The van der Waals surface area contributed by atoms with Crippen molar-refractivity contribution in [3.05, 3.63) is 56.1 Å². The first-order chi connectivity index (χ1) is 11.4. The highest BCUT2D eigenvalue weighted by molar-refractivity contribution is 7.85. The van der Waals surface area contributed by atoms with Gasteiger partial charge >= 0.3 is 0 Å². The molecule has 0 unspecified atom stereocenters. The van der Waals surface area contributed by atoms with Crippen molar-refractivity contribution in [1.29, 1.82) is 0 Å². The van der Waals surface area contributed by atoms with Crippen LogP contribution in [-0.2, 0) is 14.9 Å². The molecule has 0 heterocycles. The van der Waals surface area contributed by atoms with Crippen LogP contribution in [0.5, 0.6) is 0 Å². The minimum Gasteiger partial charge on any atom is -0.381 e. The molecule has 1 aromatic carbocycles. The largest absolute Gasteiger partial charge is 0.381 e. The van der Waals surface area contributed by atoms with Crippen LogP contribution in [0.15, 0.2) is 55.5 Å². The van der Waals surface area contributed by atoms with Crippen LogP contribution in [0, 0.1) is 6.92 Å². The van der Waals surface area contributed by atoms with Crippen LogP contribution in [0.1, 0.15) is 45.1 Å². The van der Waals surface area contributed by atoms with Crippen molar-refractivity contribution in [1.82, 2.24) is 0 Å². The standard InChI is InChI=1S/C8H18O.C7H8O3S.2C2H4/c1-3-5-7-9-8-6-4-2;1-6-2-4-7(5-3-6)11(8,9)10;2*1-2/h3-8H2,1-2H3;2-5H,1H3,(H,8,9,10);2*1-2H2. The van der Waals surface area contributed by atoms with E-state index >= 15 is 0 Å². The Kier molecular flexibility index (Phi) is 22.4. The molecule has 0 radical (unpaired) electrons. The van der Waals surface area contributed by atoms with E-state index in [4.69, 9.17) is 9.29 Å². The normalized spacial score (nSPS) is 9.33. The fourth-order valence-electron chi connectivity index (χ4n) is 1.31. The first-order valence-corrected chi connectivity index (χ1v) is 9.47. The second-order valence-electron chi connectivity index (χ2n) is 4.61. The molecular formula is C19H34O4S. The van der Waals surface area contributed by atoms with Gasteiger partial charge in [-0.25, -0.2) is 0 Å². The zero-order valence-electron chi connectivity index (χ0n) is 15.5. The van der Waals surface area contributed by atoms with E-state index in [0.717, 1.165) is 18.8 Å². The number of rotatable bonds is 7. The Morgan fingerprint density at radius 2 is 1.29 bits per heavy atom. The molecule has 0 aromatic heterocycles. The lowest BCUT2D eigenvalue weighted by molar-refractivity contribution is 0.128. The van der Waals surface area contributed by atoms with Crippen LogP contribution in [0.4, 0.5) is 0 Å². The minimum absolute atomic E-state index is 0.0666. The van der Waals surface area contributed by atoms with Gasteiger partial charge in [0.1, 0.15) is 0 Å². The third-order valence-corrected chi connectivity index (χ3v) is 3.47. The topological polar surface area (TPSA) is 63.6 Å². The number of unbranched alkanes of at least 4 members (excludes halogenated alkanes) is 2. The molecule has 1 N–H and O–H groups in total. The maximum atomic E-state index is 10.5. The lowest BCUT2D eigenvalue weighted by Gasteiger charge is -1.99. The van der Waals surface area contributed by atoms with Crippen molar-refractivity contribution in [2.24, 2.45) is 0 Å². The third kappa shape index (κ3) is 18.6. The van der Waals surface area contributed by atoms with Gasteiger partial charge in [0.05, 0.1) is 4.90 Å². The van der Waals surface area contributed by atoms with Crippen molar-refractivity contribution in [2.45, 2.75) is 51.3 Å². The lowest BCUT2D eigenvalue weighted by Crippen LogP contribution is -1.96. The highest BCUT2D eigenvalue weighted by Crippen LogP contribution is 2.08. The first kappa shape index (κ1) is 27.4. The van der Waals surface area contributed by atoms with Gasteiger partial charge in [-0.15, -0.1) is 26.3 Å². The molecule has 1 aromatic rings. The van der Waals surface area contributed by atoms with Gasteiger partial charge in [-0.3, -0.25) is 4.55 Å². The van der Waals surface area contributed by atoms with Gasteiger partial charge < -0.3 is 4.74 Å². The Morgan fingerprint density at radius 1 is 0.917 bits per heavy atom. The molecule has 1 rings (SSSR count). The average Bonchev–Trinajstić information content (AvgIpc) is 2.59. The summed E-state index contributed by atoms with van der Waals surface area (Å²) in [6, 6.07) is 5.99. The summed E-state index contributed by atoms with van der Waals surface area (Å²) in [5.41, 5.74) is 0.956. The van der Waals surface area contributed by atoms with Crippen molar-refractivity contribution >= 4 is 10.1 Å². The summed E-state index contributed by atoms with van der Waals surface area (Å²) >= 11 is 0. The van der Waals surface area contributed by atoms with Gasteiger partial charge in [-0.2, -0.15) is 8.42 Å². The zero-order chi connectivity index (χ0) is 19.4. The van der Waals surface area contributed by atoms with Crippen LogP contribution < -0.4 is 0 Å². The highest BCUT2D eigenvalue weighted by atomic mass is 32.2. The van der Waals surface area contributed by atoms with E-state index in [1.54, 1.807) is 12.1 Å². The molecule has 0 saturated heterocycles. The van der Waals surface area contributed by atoms with Crippen LogP contribution in [0.25, 0.3) is 0 Å². The summed E-state index contributed by atoms with van der Waals surface area (Å²) in [4.78, 5) is -0.0666. The monoisotopic (exact) mass is 358 g/mol. The van der Waals surface area contributed by atoms with Crippen molar-refractivity contribution < 1.29 is 17.7 Å². The van der Waals surface area contributed by atoms with Gasteiger partial charge in [0, 0.05) is 13.2 Å². The van der Waals surface area contributed by atoms with Gasteiger partial charge in [0.15, 0.2) is 0 Å². The van der Waals surface area contributed by atoms with E-state index in [-0.39, 0.29) is 4.90 Å². The molecular weight excluding hydrogens is 324 g/mol. The van der Waals surface area contributed by atoms with Crippen LogP contribution >= 0.6 is 0 Å². The zero-order valence-corrected chi connectivity index (χ0v) is 16.3. The summed E-state index contributed by atoms with van der Waals surface area (Å²) in [6.45, 7) is 20.1. The molecule has 5 heteroatoms. The molecule has 0 aliphatic rings. The molecule has 0 fully saturated rings. The predicted octanol–water partition coefficient (Wildman–Crippen LogP) is 5.45. The Balaban J connectivity index is -0.000000309. The van der Waals surface area contributed by atoms with Gasteiger partial charge in [-0.05, 0) is 31.9 Å². The number of ether oxygens (including phenoxy) is 1. The fourth-order valence-corrected chi connectivity index (χ4v) is 1.79. The molecule has 0 amide bonds. The minimum atomic E-state index is -4.02. The van der Waals surface area contributed by atoms with E-state index in [9.17, 15) is 8.42 Å². The van der Waals surface area contributed by atoms with Crippen molar-refractivity contribution in [3.63, 3.8) is 0 Å². The maximum Gasteiger partial charge on any atom is 0.294 e. The molecule has 0 aliphatic heterocycles. The van der Waals surface area contributed by atoms with Crippen LogP contribution in [0.3, 0.4) is 0 Å². The number of aryl methyl sites for hydroxylation is 1. The summed E-state index contributed by atoms with van der Waals surface area (Å²) < 4.78 is 34.9.